The van der Waals surface area contributed by atoms with Crippen LogP contribution in [0.25, 0.3) is 0 Å². The van der Waals surface area contributed by atoms with Gasteiger partial charge in [-0.3, -0.25) is 9.58 Å². The number of hydrogen-bond donors (Lipinski definition) is 0. The molecule has 0 aliphatic carbocycles. The number of fused-ring (bicyclic) bond motifs is 2. The average Bonchev–Trinajstić information content (AvgIpc) is 3.02. The minimum absolute atomic E-state index is 0.119. The topological polar surface area (TPSA) is 50.6 Å². The Bertz CT molecular complexity index is 849. The molecule has 0 saturated carbocycles. The van der Waals surface area contributed by atoms with Crippen LogP contribution in [0.3, 0.4) is 0 Å². The highest BCUT2D eigenvalue weighted by Crippen LogP contribution is 2.22. The van der Waals surface area contributed by atoms with Gasteiger partial charge in [0.1, 0.15) is 5.82 Å². The van der Waals surface area contributed by atoms with Crippen LogP contribution < -0.4 is 0 Å². The Labute approximate surface area is 158 Å². The van der Waals surface area contributed by atoms with Crippen molar-refractivity contribution in [2.24, 2.45) is 0 Å². The molecule has 0 saturated heterocycles. The molecule has 0 spiro atoms. The molecule has 2 aliphatic heterocycles. The van der Waals surface area contributed by atoms with Gasteiger partial charge in [-0.15, -0.1) is 0 Å². The first-order valence-electron chi connectivity index (χ1n) is 9.49. The summed E-state index contributed by atoms with van der Waals surface area (Å²) in [5, 5.41) is 4.70. The Morgan fingerprint density at radius 1 is 1.19 bits per heavy atom. The number of carbonyl (C=O) groups is 1. The first-order valence-corrected chi connectivity index (χ1v) is 9.49. The maximum absolute atomic E-state index is 13.5. The van der Waals surface area contributed by atoms with Crippen molar-refractivity contribution < 1.29 is 13.9 Å². The lowest BCUT2D eigenvalue weighted by atomic mass is 9.99. The van der Waals surface area contributed by atoms with E-state index in [4.69, 9.17) is 9.84 Å². The minimum atomic E-state index is -0.270. The number of hydrogen-bond acceptors (Lipinski definition) is 4. The first-order chi connectivity index (χ1) is 13.0. The van der Waals surface area contributed by atoms with E-state index < -0.39 is 0 Å². The molecule has 1 aromatic carbocycles. The van der Waals surface area contributed by atoms with E-state index in [0.29, 0.717) is 19.6 Å². The van der Waals surface area contributed by atoms with Gasteiger partial charge in [-0.05, 0) is 49.6 Å². The lowest BCUT2D eigenvalue weighted by Crippen LogP contribution is -2.39. The average molecular weight is 372 g/mol. The van der Waals surface area contributed by atoms with Gasteiger partial charge in [-0.25, -0.2) is 9.18 Å². The second-order valence-electron chi connectivity index (χ2n) is 7.58. The summed E-state index contributed by atoms with van der Waals surface area (Å²) < 4.78 is 20.8. The van der Waals surface area contributed by atoms with Crippen LogP contribution >= 0.6 is 0 Å². The van der Waals surface area contributed by atoms with Crippen LogP contribution in [-0.2, 0) is 37.3 Å². The van der Waals surface area contributed by atoms with Crippen LogP contribution in [0, 0.1) is 5.82 Å². The lowest BCUT2D eigenvalue weighted by molar-refractivity contribution is 0.0680. The summed E-state index contributed by atoms with van der Waals surface area (Å²) in [5.74, 6) is -0.179. The van der Waals surface area contributed by atoms with Crippen molar-refractivity contribution in [1.29, 1.82) is 0 Å². The largest absolute Gasteiger partial charge is 0.447 e. The van der Waals surface area contributed by atoms with Gasteiger partial charge in [0.25, 0.3) is 0 Å². The molecule has 3 heterocycles. The Hall–Kier alpha value is -2.41. The fourth-order valence-electron chi connectivity index (χ4n) is 3.78. The molecule has 0 unspecified atom stereocenters. The smallest absolute Gasteiger partial charge is 0.410 e. The zero-order chi connectivity index (χ0) is 19.0. The highest BCUT2D eigenvalue weighted by Gasteiger charge is 2.25. The molecular weight excluding hydrogens is 347 g/mol. The van der Waals surface area contributed by atoms with Gasteiger partial charge in [0, 0.05) is 26.2 Å². The van der Waals surface area contributed by atoms with Crippen LogP contribution in [0.5, 0.6) is 0 Å². The summed E-state index contributed by atoms with van der Waals surface area (Å²) in [5.41, 5.74) is 4.31. The second kappa shape index (κ2) is 7.31. The van der Waals surface area contributed by atoms with Gasteiger partial charge in [-0.2, -0.15) is 5.10 Å². The predicted octanol–water partition coefficient (Wildman–Crippen LogP) is 2.94. The van der Waals surface area contributed by atoms with Crippen molar-refractivity contribution in [1.82, 2.24) is 19.6 Å². The summed E-state index contributed by atoms with van der Waals surface area (Å²) >= 11 is 0. The Kier molecular flexibility index (Phi) is 4.86. The monoisotopic (exact) mass is 372 g/mol. The highest BCUT2D eigenvalue weighted by atomic mass is 19.1. The van der Waals surface area contributed by atoms with Crippen molar-refractivity contribution in [3.05, 3.63) is 52.6 Å². The molecule has 144 valence electrons. The number of amides is 1. The molecule has 27 heavy (non-hydrogen) atoms. The number of nitrogens with zero attached hydrogens (tertiary/aromatic N) is 4. The fraction of sp³-hybridized carbons (Fsp3) is 0.500. The Morgan fingerprint density at radius 3 is 2.85 bits per heavy atom. The number of halogens is 1. The van der Waals surface area contributed by atoms with E-state index in [0.717, 1.165) is 43.0 Å². The third kappa shape index (κ3) is 3.98. The first kappa shape index (κ1) is 18.0. The lowest BCUT2D eigenvalue weighted by Gasteiger charge is -2.28. The number of carbonyl (C=O) groups excluding carboxylic acids is 1. The standard InChI is InChI=1S/C20H25FN4O2/c1-14(2)27-20(26)24-7-8-25-19(13-24)10-18(22-25)12-23-6-5-15-3-4-17(21)9-16(15)11-23/h3-4,9-10,14H,5-8,11-13H2,1-2H3. The van der Waals surface area contributed by atoms with Crippen LogP contribution in [0.2, 0.25) is 0 Å². The minimum Gasteiger partial charge on any atom is -0.447 e. The number of rotatable bonds is 3. The van der Waals surface area contributed by atoms with Crippen LogP contribution in [0.1, 0.15) is 36.4 Å². The van der Waals surface area contributed by atoms with Crippen molar-refractivity contribution in [2.75, 3.05) is 13.1 Å². The van der Waals surface area contributed by atoms with Gasteiger partial charge >= 0.3 is 6.09 Å². The van der Waals surface area contributed by atoms with E-state index in [1.807, 2.05) is 24.6 Å². The van der Waals surface area contributed by atoms with Crippen LogP contribution in [0.15, 0.2) is 24.3 Å². The van der Waals surface area contributed by atoms with Crippen molar-refractivity contribution in [3.63, 3.8) is 0 Å². The molecule has 4 rings (SSSR count). The van der Waals surface area contributed by atoms with Crippen molar-refractivity contribution in [3.8, 4) is 0 Å². The molecule has 2 aliphatic rings. The Morgan fingerprint density at radius 2 is 2.04 bits per heavy atom. The van der Waals surface area contributed by atoms with Crippen molar-refractivity contribution >= 4 is 6.09 Å². The third-order valence-corrected chi connectivity index (χ3v) is 5.09. The van der Waals surface area contributed by atoms with Gasteiger partial charge < -0.3 is 9.64 Å². The number of ether oxygens (including phenoxy) is 1. The van der Waals surface area contributed by atoms with E-state index in [9.17, 15) is 9.18 Å². The van der Waals surface area contributed by atoms with Crippen LogP contribution in [0.4, 0.5) is 9.18 Å². The molecule has 0 radical (unpaired) electrons. The van der Waals surface area contributed by atoms with E-state index in [1.54, 1.807) is 11.0 Å². The molecule has 1 amide bonds. The number of benzene rings is 1. The summed E-state index contributed by atoms with van der Waals surface area (Å²) in [4.78, 5) is 16.1. The predicted molar refractivity (Wildman–Crippen MR) is 98.5 cm³/mol. The molecule has 0 bridgehead atoms. The molecule has 1 aromatic heterocycles. The van der Waals surface area contributed by atoms with E-state index in [-0.39, 0.29) is 18.0 Å². The molecule has 0 fully saturated rings. The van der Waals surface area contributed by atoms with Gasteiger partial charge in [0.05, 0.1) is 30.6 Å². The maximum Gasteiger partial charge on any atom is 0.410 e. The zero-order valence-corrected chi connectivity index (χ0v) is 15.8. The molecule has 0 atom stereocenters. The fourth-order valence-corrected chi connectivity index (χ4v) is 3.78. The normalized spacial score (nSPS) is 17.0. The summed E-state index contributed by atoms with van der Waals surface area (Å²) in [7, 11) is 0. The molecular formula is C20H25FN4O2. The number of aromatic nitrogens is 2. The van der Waals surface area contributed by atoms with Gasteiger partial charge in [-0.1, -0.05) is 6.07 Å². The molecule has 6 nitrogen and oxygen atoms in total. The zero-order valence-electron chi connectivity index (χ0n) is 15.8. The molecule has 2 aromatic rings. The van der Waals surface area contributed by atoms with E-state index >= 15 is 0 Å². The summed E-state index contributed by atoms with van der Waals surface area (Å²) in [6, 6.07) is 7.13. The SMILES string of the molecule is CC(C)OC(=O)N1CCn2nc(CN3CCc4ccc(F)cc4C3)cc2C1. The van der Waals surface area contributed by atoms with E-state index in [2.05, 4.69) is 11.0 Å². The third-order valence-electron chi connectivity index (χ3n) is 5.09. The quantitative estimate of drug-likeness (QED) is 0.831. The van der Waals surface area contributed by atoms with Crippen molar-refractivity contribution in [2.45, 2.75) is 52.6 Å². The second-order valence-corrected chi connectivity index (χ2v) is 7.58. The molecule has 0 N–H and O–H groups in total. The highest BCUT2D eigenvalue weighted by molar-refractivity contribution is 5.67. The maximum atomic E-state index is 13.5. The summed E-state index contributed by atoms with van der Waals surface area (Å²) in [6.45, 7) is 7.92. The van der Waals surface area contributed by atoms with Gasteiger partial charge in [0.15, 0.2) is 0 Å². The molecule has 7 heteroatoms. The van der Waals surface area contributed by atoms with Crippen LogP contribution in [-0.4, -0.2) is 44.9 Å². The van der Waals surface area contributed by atoms with Gasteiger partial charge in [0.2, 0.25) is 0 Å². The summed E-state index contributed by atoms with van der Waals surface area (Å²) in [6.07, 6.45) is 0.540. The Balaban J connectivity index is 1.41. The van der Waals surface area contributed by atoms with E-state index in [1.165, 1.54) is 11.6 Å².